The van der Waals surface area contributed by atoms with Crippen LogP contribution in [0.2, 0.25) is 0 Å². The highest BCUT2D eigenvalue weighted by molar-refractivity contribution is 5.97. The topological polar surface area (TPSA) is 64.0 Å². The van der Waals surface area contributed by atoms with E-state index in [0.29, 0.717) is 31.7 Å². The highest BCUT2D eigenvalue weighted by atomic mass is 16.3. The van der Waals surface area contributed by atoms with Crippen LogP contribution in [0.25, 0.3) is 0 Å². The first-order chi connectivity index (χ1) is 11.1. The lowest BCUT2D eigenvalue weighted by molar-refractivity contribution is 0.0743. The molecule has 0 atom stereocenters. The summed E-state index contributed by atoms with van der Waals surface area (Å²) in [5.41, 5.74) is 2.08. The molecule has 1 amide bonds. The molecule has 3 rings (SSSR count). The Morgan fingerprint density at radius 3 is 2.35 bits per heavy atom. The first kappa shape index (κ1) is 15.2. The zero-order valence-corrected chi connectivity index (χ0v) is 13.1. The summed E-state index contributed by atoms with van der Waals surface area (Å²) in [6.07, 6.45) is 0. The number of phenols is 2. The minimum atomic E-state index is -0.150. The number of para-hydroxylation sites is 2. The maximum absolute atomic E-state index is 12.6. The molecule has 1 heterocycles. The minimum Gasteiger partial charge on any atom is -0.507 e. The highest BCUT2D eigenvalue weighted by Gasteiger charge is 2.24. The van der Waals surface area contributed by atoms with Gasteiger partial charge in [-0.1, -0.05) is 23.8 Å². The number of hydrogen-bond donors (Lipinski definition) is 2. The van der Waals surface area contributed by atoms with Crippen LogP contribution >= 0.6 is 0 Å². The molecule has 5 nitrogen and oxygen atoms in total. The van der Waals surface area contributed by atoms with Crippen molar-refractivity contribution in [2.24, 2.45) is 0 Å². The lowest BCUT2D eigenvalue weighted by Crippen LogP contribution is -2.48. The van der Waals surface area contributed by atoms with Gasteiger partial charge in [0.15, 0.2) is 0 Å². The zero-order valence-electron chi connectivity index (χ0n) is 13.1. The quantitative estimate of drug-likeness (QED) is 0.893. The molecule has 2 aromatic rings. The Kier molecular flexibility index (Phi) is 4.10. The molecule has 0 aromatic heterocycles. The lowest BCUT2D eigenvalue weighted by atomic mass is 10.1. The van der Waals surface area contributed by atoms with Crippen LogP contribution < -0.4 is 4.90 Å². The van der Waals surface area contributed by atoms with Gasteiger partial charge in [-0.2, -0.15) is 0 Å². The van der Waals surface area contributed by atoms with Crippen LogP contribution in [0, 0.1) is 6.92 Å². The van der Waals surface area contributed by atoms with Crippen molar-refractivity contribution in [1.82, 2.24) is 4.90 Å². The number of hydrogen-bond acceptors (Lipinski definition) is 4. The number of rotatable bonds is 2. The Balaban J connectivity index is 1.70. The predicted molar refractivity (Wildman–Crippen MR) is 89.1 cm³/mol. The summed E-state index contributed by atoms with van der Waals surface area (Å²) in [7, 11) is 0. The van der Waals surface area contributed by atoms with Gasteiger partial charge >= 0.3 is 0 Å². The van der Waals surface area contributed by atoms with Crippen LogP contribution in [0.5, 0.6) is 11.5 Å². The summed E-state index contributed by atoms with van der Waals surface area (Å²) in [5.74, 6) is 0.121. The van der Waals surface area contributed by atoms with Gasteiger partial charge in [0, 0.05) is 26.2 Å². The lowest BCUT2D eigenvalue weighted by Gasteiger charge is -2.36. The van der Waals surface area contributed by atoms with Gasteiger partial charge in [0.05, 0.1) is 11.3 Å². The highest BCUT2D eigenvalue weighted by Crippen LogP contribution is 2.28. The molecular formula is C18H20N2O3. The maximum Gasteiger partial charge on any atom is 0.257 e. The Bertz CT molecular complexity index is 722. The zero-order chi connectivity index (χ0) is 16.4. The average molecular weight is 312 g/mol. The third-order valence-corrected chi connectivity index (χ3v) is 4.17. The van der Waals surface area contributed by atoms with Crippen LogP contribution in [0.4, 0.5) is 5.69 Å². The van der Waals surface area contributed by atoms with Crippen molar-refractivity contribution in [2.45, 2.75) is 6.92 Å². The number of phenolic OH excluding ortho intramolecular Hbond substituents is 2. The smallest absolute Gasteiger partial charge is 0.257 e. The number of aromatic hydroxyl groups is 2. The van der Waals surface area contributed by atoms with Crippen molar-refractivity contribution in [2.75, 3.05) is 31.1 Å². The Labute approximate surface area is 135 Å². The normalized spacial score (nSPS) is 14.8. The maximum atomic E-state index is 12.6. The third kappa shape index (κ3) is 3.08. The van der Waals surface area contributed by atoms with Crippen molar-refractivity contribution in [3.8, 4) is 11.5 Å². The molecule has 2 aromatic carbocycles. The van der Waals surface area contributed by atoms with Gasteiger partial charge in [-0.3, -0.25) is 4.79 Å². The van der Waals surface area contributed by atoms with Crippen molar-refractivity contribution in [3.05, 3.63) is 53.6 Å². The fraction of sp³-hybridized carbons (Fsp3) is 0.278. The second-order valence-corrected chi connectivity index (χ2v) is 5.79. The van der Waals surface area contributed by atoms with E-state index in [4.69, 9.17) is 0 Å². The van der Waals surface area contributed by atoms with E-state index >= 15 is 0 Å². The first-order valence-electron chi connectivity index (χ1n) is 7.68. The molecule has 23 heavy (non-hydrogen) atoms. The van der Waals surface area contributed by atoms with Crippen molar-refractivity contribution < 1.29 is 15.0 Å². The van der Waals surface area contributed by atoms with Gasteiger partial charge in [0.25, 0.3) is 5.91 Å². The summed E-state index contributed by atoms with van der Waals surface area (Å²) in [6.45, 7) is 4.30. The van der Waals surface area contributed by atoms with E-state index in [1.165, 1.54) is 0 Å². The summed E-state index contributed by atoms with van der Waals surface area (Å²) >= 11 is 0. The minimum absolute atomic E-state index is 0.0173. The van der Waals surface area contributed by atoms with E-state index in [-0.39, 0.29) is 17.4 Å². The molecular weight excluding hydrogens is 292 g/mol. The van der Waals surface area contributed by atoms with Gasteiger partial charge in [-0.25, -0.2) is 0 Å². The summed E-state index contributed by atoms with van der Waals surface area (Å²) < 4.78 is 0. The molecule has 5 heteroatoms. The first-order valence-corrected chi connectivity index (χ1v) is 7.68. The van der Waals surface area contributed by atoms with E-state index in [1.807, 2.05) is 19.1 Å². The Hall–Kier alpha value is -2.69. The summed E-state index contributed by atoms with van der Waals surface area (Å²) in [4.78, 5) is 16.4. The number of benzene rings is 2. The monoisotopic (exact) mass is 312 g/mol. The van der Waals surface area contributed by atoms with E-state index in [9.17, 15) is 15.0 Å². The Morgan fingerprint density at radius 2 is 1.65 bits per heavy atom. The predicted octanol–water partition coefficient (Wildman–Crippen LogP) is 2.37. The van der Waals surface area contributed by atoms with Gasteiger partial charge < -0.3 is 20.0 Å². The molecule has 0 spiro atoms. The molecule has 1 fully saturated rings. The number of amides is 1. The molecule has 1 saturated heterocycles. The molecule has 0 bridgehead atoms. The summed E-state index contributed by atoms with van der Waals surface area (Å²) in [6, 6.07) is 12.3. The molecule has 0 unspecified atom stereocenters. The third-order valence-electron chi connectivity index (χ3n) is 4.17. The molecule has 120 valence electrons. The average Bonchev–Trinajstić information content (AvgIpc) is 2.57. The standard InChI is InChI=1S/C18H20N2O3/c1-13-6-7-16(21)14(12-13)18(23)20-10-8-19(9-11-20)15-4-2-3-5-17(15)22/h2-7,12,21-22H,8-11H2,1H3. The van der Waals surface area contributed by atoms with Crippen LogP contribution in [0.3, 0.4) is 0 Å². The molecule has 0 saturated carbocycles. The molecule has 1 aliphatic heterocycles. The Morgan fingerprint density at radius 1 is 0.957 bits per heavy atom. The van der Waals surface area contributed by atoms with E-state index in [0.717, 1.165) is 11.3 Å². The van der Waals surface area contributed by atoms with Gasteiger partial charge in [0.1, 0.15) is 11.5 Å². The number of anilines is 1. The summed E-state index contributed by atoms with van der Waals surface area (Å²) in [5, 5.41) is 19.8. The fourth-order valence-electron chi connectivity index (χ4n) is 2.87. The van der Waals surface area contributed by atoms with Crippen LogP contribution in [-0.4, -0.2) is 47.2 Å². The SMILES string of the molecule is Cc1ccc(O)c(C(=O)N2CCN(c3ccccc3O)CC2)c1. The van der Waals surface area contributed by atoms with Crippen molar-refractivity contribution >= 4 is 11.6 Å². The van der Waals surface area contributed by atoms with Gasteiger partial charge in [0.2, 0.25) is 0 Å². The number of carbonyl (C=O) groups excluding carboxylic acids is 1. The molecule has 0 radical (unpaired) electrons. The number of carbonyl (C=O) groups is 1. The number of nitrogens with zero attached hydrogens (tertiary/aromatic N) is 2. The molecule has 0 aliphatic carbocycles. The molecule has 2 N–H and O–H groups in total. The fourth-order valence-corrected chi connectivity index (χ4v) is 2.87. The van der Waals surface area contributed by atoms with E-state index < -0.39 is 0 Å². The van der Waals surface area contributed by atoms with Crippen LogP contribution in [-0.2, 0) is 0 Å². The van der Waals surface area contributed by atoms with Crippen molar-refractivity contribution in [1.29, 1.82) is 0 Å². The number of piperazine rings is 1. The van der Waals surface area contributed by atoms with Crippen molar-refractivity contribution in [3.63, 3.8) is 0 Å². The second-order valence-electron chi connectivity index (χ2n) is 5.79. The number of aryl methyl sites for hydroxylation is 1. The van der Waals surface area contributed by atoms with Gasteiger partial charge in [-0.15, -0.1) is 0 Å². The van der Waals surface area contributed by atoms with Crippen LogP contribution in [0.1, 0.15) is 15.9 Å². The van der Waals surface area contributed by atoms with Gasteiger partial charge in [-0.05, 0) is 31.2 Å². The van der Waals surface area contributed by atoms with Crippen LogP contribution in [0.15, 0.2) is 42.5 Å². The second kappa shape index (κ2) is 6.20. The largest absolute Gasteiger partial charge is 0.507 e. The van der Waals surface area contributed by atoms with E-state index in [2.05, 4.69) is 4.90 Å². The molecule has 1 aliphatic rings. The van der Waals surface area contributed by atoms with E-state index in [1.54, 1.807) is 35.2 Å².